The van der Waals surface area contributed by atoms with Crippen LogP contribution >= 0.6 is 11.6 Å². The van der Waals surface area contributed by atoms with Gasteiger partial charge < -0.3 is 15.1 Å². The first kappa shape index (κ1) is 21.4. The molecule has 4 rings (SSSR count). The average molecular weight is 440 g/mol. The Labute approximate surface area is 187 Å². The maximum atomic E-state index is 13.5. The van der Waals surface area contributed by atoms with Crippen LogP contribution in [0.1, 0.15) is 29.5 Å². The second kappa shape index (κ2) is 9.52. The summed E-state index contributed by atoms with van der Waals surface area (Å²) in [6.45, 7) is 1.26. The number of ketones is 1. The quantitative estimate of drug-likeness (QED) is 0.728. The summed E-state index contributed by atoms with van der Waals surface area (Å²) in [5, 5.41) is 2.95. The molecule has 1 N–H and O–H groups in total. The summed E-state index contributed by atoms with van der Waals surface area (Å²) in [5.41, 5.74) is 3.09. The lowest BCUT2D eigenvalue weighted by atomic mass is 9.93. The van der Waals surface area contributed by atoms with E-state index in [0.717, 1.165) is 23.1 Å². The number of urea groups is 1. The number of Topliss-reactive ketones (excluding diaryl/α,β-unsaturated/α-hetero) is 1. The van der Waals surface area contributed by atoms with E-state index in [0.29, 0.717) is 32.5 Å². The van der Waals surface area contributed by atoms with Gasteiger partial charge in [-0.2, -0.15) is 0 Å². The fraction of sp³-hybridized carbons (Fsp3) is 0.375. The van der Waals surface area contributed by atoms with Crippen molar-refractivity contribution >= 4 is 29.3 Å². The fourth-order valence-corrected chi connectivity index (χ4v) is 4.66. The minimum Gasteiger partial charge on any atom is -0.334 e. The van der Waals surface area contributed by atoms with E-state index in [4.69, 9.17) is 11.6 Å². The van der Waals surface area contributed by atoms with Crippen molar-refractivity contribution in [2.45, 2.75) is 44.4 Å². The summed E-state index contributed by atoms with van der Waals surface area (Å²) >= 11 is 5.77. The smallest absolute Gasteiger partial charge is 0.318 e. The second-order valence-corrected chi connectivity index (χ2v) is 8.32. The van der Waals surface area contributed by atoms with Gasteiger partial charge in [-0.15, -0.1) is 11.6 Å². The molecule has 31 heavy (non-hydrogen) atoms. The van der Waals surface area contributed by atoms with Crippen LogP contribution in [0.5, 0.6) is 0 Å². The lowest BCUT2D eigenvalue weighted by Gasteiger charge is -2.38. The van der Waals surface area contributed by atoms with Gasteiger partial charge in [-0.25, -0.2) is 4.79 Å². The number of alkyl halides is 1. The molecule has 7 heteroatoms. The number of fused-ring (bicyclic) bond motifs is 1. The van der Waals surface area contributed by atoms with Crippen LogP contribution < -0.4 is 5.32 Å². The molecule has 3 amide bonds. The predicted octanol–water partition coefficient (Wildman–Crippen LogP) is 3.12. The van der Waals surface area contributed by atoms with E-state index in [2.05, 4.69) is 5.32 Å². The maximum Gasteiger partial charge on any atom is 0.318 e. The molecule has 0 bridgehead atoms. The highest BCUT2D eigenvalue weighted by Crippen LogP contribution is 2.28. The average Bonchev–Trinajstić information content (AvgIpc) is 3.31. The lowest BCUT2D eigenvalue weighted by molar-refractivity contribution is -0.141. The third-order valence-corrected chi connectivity index (χ3v) is 6.38. The van der Waals surface area contributed by atoms with Gasteiger partial charge in [-0.05, 0) is 29.5 Å². The van der Waals surface area contributed by atoms with Gasteiger partial charge in [0.1, 0.15) is 6.04 Å². The molecule has 0 saturated carbocycles. The second-order valence-electron chi connectivity index (χ2n) is 8.05. The van der Waals surface area contributed by atoms with E-state index < -0.39 is 12.1 Å². The lowest BCUT2D eigenvalue weighted by Crippen LogP contribution is -2.57. The molecule has 2 atom stereocenters. The molecule has 6 nitrogen and oxygen atoms in total. The number of benzene rings is 2. The van der Waals surface area contributed by atoms with Crippen LogP contribution in [0.15, 0.2) is 54.6 Å². The van der Waals surface area contributed by atoms with Gasteiger partial charge in [-0.3, -0.25) is 9.59 Å². The Morgan fingerprint density at radius 1 is 0.935 bits per heavy atom. The van der Waals surface area contributed by atoms with Crippen LogP contribution in [0, 0.1) is 0 Å². The molecule has 2 aliphatic heterocycles. The van der Waals surface area contributed by atoms with Gasteiger partial charge in [0.15, 0.2) is 5.78 Å². The molecule has 1 fully saturated rings. The van der Waals surface area contributed by atoms with Gasteiger partial charge >= 0.3 is 6.03 Å². The zero-order valence-electron chi connectivity index (χ0n) is 17.3. The number of hydrogen-bond donors (Lipinski definition) is 1. The largest absolute Gasteiger partial charge is 0.334 e. The fourth-order valence-electron chi connectivity index (χ4n) is 4.48. The highest BCUT2D eigenvalue weighted by Gasteiger charge is 2.41. The first-order valence-corrected chi connectivity index (χ1v) is 11.2. The predicted molar refractivity (Wildman–Crippen MR) is 119 cm³/mol. The normalized spacial score (nSPS) is 20.3. The van der Waals surface area contributed by atoms with Crippen LogP contribution in [0.2, 0.25) is 0 Å². The highest BCUT2D eigenvalue weighted by atomic mass is 35.5. The van der Waals surface area contributed by atoms with Crippen LogP contribution in [0.3, 0.4) is 0 Å². The van der Waals surface area contributed by atoms with Gasteiger partial charge in [0.25, 0.3) is 0 Å². The molecule has 2 heterocycles. The zero-order valence-corrected chi connectivity index (χ0v) is 18.1. The van der Waals surface area contributed by atoms with E-state index in [1.807, 2.05) is 54.6 Å². The van der Waals surface area contributed by atoms with Crippen molar-refractivity contribution in [3.63, 3.8) is 0 Å². The van der Waals surface area contributed by atoms with E-state index in [-0.39, 0.29) is 23.6 Å². The third kappa shape index (κ3) is 4.59. The topological polar surface area (TPSA) is 69.7 Å². The molecular weight excluding hydrogens is 414 g/mol. The van der Waals surface area contributed by atoms with Crippen molar-refractivity contribution < 1.29 is 14.4 Å². The molecule has 0 aliphatic carbocycles. The Bertz CT molecular complexity index is 966. The Morgan fingerprint density at radius 2 is 1.65 bits per heavy atom. The van der Waals surface area contributed by atoms with Crippen LogP contribution in [0.25, 0.3) is 0 Å². The monoisotopic (exact) mass is 439 g/mol. The zero-order chi connectivity index (χ0) is 21.8. The van der Waals surface area contributed by atoms with E-state index in [1.165, 1.54) is 0 Å². The summed E-state index contributed by atoms with van der Waals surface area (Å²) in [6.07, 6.45) is 1.83. The summed E-state index contributed by atoms with van der Waals surface area (Å²) in [6, 6.07) is 16.1. The minimum atomic E-state index is -0.644. The number of rotatable bonds is 5. The standard InChI is InChI=1S/C24H26ClN3O3/c25-14-22(29)20-11-6-12-27(20)23(30)21-13-18-9-4-5-10-19(18)16-28(21)24(31)26-15-17-7-2-1-3-8-17/h1-5,7-10,20-21H,6,11-16H2,(H,26,31)/t20-,21-/m0/s1. The first-order chi connectivity index (χ1) is 15.1. The molecule has 0 aromatic heterocycles. The summed E-state index contributed by atoms with van der Waals surface area (Å²) < 4.78 is 0. The molecule has 0 radical (unpaired) electrons. The third-order valence-electron chi connectivity index (χ3n) is 6.12. The minimum absolute atomic E-state index is 0.108. The highest BCUT2D eigenvalue weighted by molar-refractivity contribution is 6.28. The summed E-state index contributed by atoms with van der Waals surface area (Å²) in [7, 11) is 0. The number of nitrogens with zero attached hydrogens (tertiary/aromatic N) is 2. The van der Waals surface area contributed by atoms with Gasteiger partial charge in [0, 0.05) is 26.1 Å². The number of amides is 3. The summed E-state index contributed by atoms with van der Waals surface area (Å²) in [4.78, 5) is 42.2. The SMILES string of the molecule is O=C(CCl)[C@@H]1CCCN1C(=O)[C@@H]1Cc2ccccc2CN1C(=O)NCc1ccccc1. The Morgan fingerprint density at radius 3 is 2.39 bits per heavy atom. The Hall–Kier alpha value is -2.86. The molecular formula is C24H26ClN3O3. The first-order valence-electron chi connectivity index (χ1n) is 10.6. The molecule has 162 valence electrons. The van der Waals surface area contributed by atoms with Crippen LogP contribution in [0.4, 0.5) is 4.79 Å². The Kier molecular flexibility index (Phi) is 6.56. The number of nitrogens with one attached hydrogen (secondary N) is 1. The van der Waals surface area contributed by atoms with E-state index in [1.54, 1.807) is 9.80 Å². The Balaban J connectivity index is 1.56. The van der Waals surface area contributed by atoms with Crippen molar-refractivity contribution in [3.05, 3.63) is 71.3 Å². The van der Waals surface area contributed by atoms with Gasteiger partial charge in [0.2, 0.25) is 5.91 Å². The number of hydrogen-bond acceptors (Lipinski definition) is 3. The van der Waals surface area contributed by atoms with E-state index in [9.17, 15) is 14.4 Å². The maximum absolute atomic E-state index is 13.5. The van der Waals surface area contributed by atoms with Crippen LogP contribution in [-0.2, 0) is 29.1 Å². The molecule has 2 aliphatic rings. The van der Waals surface area contributed by atoms with Crippen molar-refractivity contribution in [2.75, 3.05) is 12.4 Å². The number of carbonyl (C=O) groups is 3. The summed E-state index contributed by atoms with van der Waals surface area (Å²) in [5.74, 6) is -0.419. The molecule has 0 spiro atoms. The van der Waals surface area contributed by atoms with Crippen LogP contribution in [-0.4, -0.2) is 52.0 Å². The molecule has 1 saturated heterocycles. The molecule has 2 aromatic rings. The van der Waals surface area contributed by atoms with Gasteiger partial charge in [-0.1, -0.05) is 54.6 Å². The van der Waals surface area contributed by atoms with Crippen molar-refractivity contribution in [3.8, 4) is 0 Å². The number of likely N-dealkylation sites (tertiary alicyclic amines) is 1. The number of halogens is 1. The molecule has 2 aromatic carbocycles. The van der Waals surface area contributed by atoms with Crippen molar-refractivity contribution in [2.24, 2.45) is 0 Å². The van der Waals surface area contributed by atoms with E-state index >= 15 is 0 Å². The molecule has 0 unspecified atom stereocenters. The van der Waals surface area contributed by atoms with Crippen molar-refractivity contribution in [1.29, 1.82) is 0 Å². The number of carbonyl (C=O) groups excluding carboxylic acids is 3. The van der Waals surface area contributed by atoms with Gasteiger partial charge in [0.05, 0.1) is 11.9 Å². The van der Waals surface area contributed by atoms with Crippen molar-refractivity contribution in [1.82, 2.24) is 15.1 Å².